The zero-order chi connectivity index (χ0) is 16.5. The van der Waals surface area contributed by atoms with E-state index in [1.54, 1.807) is 7.11 Å². The average molecular weight is 318 g/mol. The van der Waals surface area contributed by atoms with E-state index < -0.39 is 0 Å². The summed E-state index contributed by atoms with van der Waals surface area (Å²) in [6, 6.07) is 8.08. The van der Waals surface area contributed by atoms with Gasteiger partial charge in [-0.1, -0.05) is 19.1 Å². The lowest BCUT2D eigenvalue weighted by molar-refractivity contribution is 0.195. The summed E-state index contributed by atoms with van der Waals surface area (Å²) in [4.78, 5) is 6.82. The smallest absolute Gasteiger partial charge is 0.191 e. The van der Waals surface area contributed by atoms with Gasteiger partial charge in [-0.05, 0) is 49.5 Å². The van der Waals surface area contributed by atoms with Gasteiger partial charge in [0.1, 0.15) is 5.75 Å². The Morgan fingerprint density at radius 1 is 1.30 bits per heavy atom. The van der Waals surface area contributed by atoms with Crippen LogP contribution in [0.15, 0.2) is 29.3 Å². The quantitative estimate of drug-likeness (QED) is 0.623. The molecule has 0 aliphatic carbocycles. The van der Waals surface area contributed by atoms with Gasteiger partial charge in [-0.25, -0.2) is 0 Å². The van der Waals surface area contributed by atoms with E-state index in [4.69, 9.17) is 4.74 Å². The SMILES string of the molecule is CN=C(NCCN1CCC(C)CC1)NCc1cccc(OC)c1. The fourth-order valence-corrected chi connectivity index (χ4v) is 2.81. The molecule has 1 aromatic rings. The summed E-state index contributed by atoms with van der Waals surface area (Å²) in [6.07, 6.45) is 2.64. The molecular weight excluding hydrogens is 288 g/mol. The van der Waals surface area contributed by atoms with E-state index in [9.17, 15) is 0 Å². The summed E-state index contributed by atoms with van der Waals surface area (Å²) < 4.78 is 5.25. The number of benzene rings is 1. The third kappa shape index (κ3) is 6.10. The fraction of sp³-hybridized carbons (Fsp3) is 0.611. The first kappa shape index (κ1) is 17.6. The molecule has 0 unspecified atom stereocenters. The van der Waals surface area contributed by atoms with Crippen molar-refractivity contribution >= 4 is 5.96 Å². The summed E-state index contributed by atoms with van der Waals surface area (Å²) in [5, 5.41) is 6.74. The van der Waals surface area contributed by atoms with Gasteiger partial charge in [-0.15, -0.1) is 0 Å². The highest BCUT2D eigenvalue weighted by Gasteiger charge is 2.14. The van der Waals surface area contributed by atoms with E-state index in [0.29, 0.717) is 0 Å². The minimum Gasteiger partial charge on any atom is -0.497 e. The van der Waals surface area contributed by atoms with Crippen molar-refractivity contribution in [3.8, 4) is 5.75 Å². The third-order valence-corrected chi connectivity index (χ3v) is 4.41. The van der Waals surface area contributed by atoms with Crippen LogP contribution >= 0.6 is 0 Å². The van der Waals surface area contributed by atoms with Crippen molar-refractivity contribution in [2.75, 3.05) is 40.3 Å². The molecule has 2 rings (SSSR count). The Morgan fingerprint density at radius 2 is 2.09 bits per heavy atom. The van der Waals surface area contributed by atoms with Crippen LogP contribution in [0.25, 0.3) is 0 Å². The van der Waals surface area contributed by atoms with Crippen LogP contribution < -0.4 is 15.4 Å². The topological polar surface area (TPSA) is 48.9 Å². The maximum Gasteiger partial charge on any atom is 0.191 e. The van der Waals surface area contributed by atoms with Crippen LogP contribution in [0, 0.1) is 5.92 Å². The Balaban J connectivity index is 1.69. The zero-order valence-corrected chi connectivity index (χ0v) is 14.6. The van der Waals surface area contributed by atoms with Crippen LogP contribution in [0.5, 0.6) is 5.75 Å². The van der Waals surface area contributed by atoms with E-state index in [2.05, 4.69) is 33.5 Å². The molecule has 5 nitrogen and oxygen atoms in total. The van der Waals surface area contributed by atoms with Crippen LogP contribution in [-0.2, 0) is 6.54 Å². The lowest BCUT2D eigenvalue weighted by atomic mass is 9.99. The monoisotopic (exact) mass is 318 g/mol. The van der Waals surface area contributed by atoms with Crippen molar-refractivity contribution in [3.63, 3.8) is 0 Å². The van der Waals surface area contributed by atoms with E-state index >= 15 is 0 Å². The molecule has 1 heterocycles. The van der Waals surface area contributed by atoms with Gasteiger partial charge in [0.25, 0.3) is 0 Å². The standard InChI is InChI=1S/C18H30N4O/c1-15-7-10-22(11-8-15)12-9-20-18(19-2)21-14-16-5-4-6-17(13-16)23-3/h4-6,13,15H,7-12,14H2,1-3H3,(H2,19,20,21). The number of ether oxygens (including phenoxy) is 1. The molecule has 0 bridgehead atoms. The van der Waals surface area contributed by atoms with Crippen molar-refractivity contribution in [1.82, 2.24) is 15.5 Å². The molecule has 128 valence electrons. The molecule has 0 radical (unpaired) electrons. The van der Waals surface area contributed by atoms with Gasteiger partial charge in [-0.3, -0.25) is 4.99 Å². The third-order valence-electron chi connectivity index (χ3n) is 4.41. The molecule has 0 spiro atoms. The maximum absolute atomic E-state index is 5.25. The highest BCUT2D eigenvalue weighted by molar-refractivity contribution is 5.79. The van der Waals surface area contributed by atoms with Crippen LogP contribution in [0.2, 0.25) is 0 Å². The van der Waals surface area contributed by atoms with Crippen molar-refractivity contribution in [1.29, 1.82) is 0 Å². The van der Waals surface area contributed by atoms with Gasteiger partial charge in [0, 0.05) is 26.7 Å². The normalized spacial score (nSPS) is 17.1. The van der Waals surface area contributed by atoms with E-state index in [-0.39, 0.29) is 0 Å². The van der Waals surface area contributed by atoms with Gasteiger partial charge in [0.05, 0.1) is 7.11 Å². The van der Waals surface area contributed by atoms with E-state index in [1.807, 2.05) is 25.2 Å². The largest absolute Gasteiger partial charge is 0.497 e. The number of nitrogens with zero attached hydrogens (tertiary/aromatic N) is 2. The van der Waals surface area contributed by atoms with Crippen LogP contribution in [-0.4, -0.2) is 51.2 Å². The molecule has 5 heteroatoms. The van der Waals surface area contributed by atoms with Gasteiger partial charge in [0.15, 0.2) is 5.96 Å². The Kier molecular flexibility index (Phi) is 7.20. The number of piperidine rings is 1. The number of hydrogen-bond donors (Lipinski definition) is 2. The second-order valence-corrected chi connectivity index (χ2v) is 6.23. The Bertz CT molecular complexity index is 496. The molecule has 0 aromatic heterocycles. The van der Waals surface area contributed by atoms with E-state index in [0.717, 1.165) is 37.3 Å². The number of methoxy groups -OCH3 is 1. The summed E-state index contributed by atoms with van der Waals surface area (Å²) in [5.74, 6) is 2.61. The lowest BCUT2D eigenvalue weighted by Gasteiger charge is -2.30. The highest BCUT2D eigenvalue weighted by atomic mass is 16.5. The van der Waals surface area contributed by atoms with Gasteiger partial charge >= 0.3 is 0 Å². The predicted octanol–water partition coefficient (Wildman–Crippen LogP) is 2.09. The first-order valence-corrected chi connectivity index (χ1v) is 8.51. The molecule has 1 aromatic carbocycles. The average Bonchev–Trinajstić information content (AvgIpc) is 2.59. The van der Waals surface area contributed by atoms with E-state index in [1.165, 1.54) is 31.5 Å². The fourth-order valence-electron chi connectivity index (χ4n) is 2.81. The molecule has 0 amide bonds. The van der Waals surface area contributed by atoms with Crippen LogP contribution in [0.1, 0.15) is 25.3 Å². The first-order chi connectivity index (χ1) is 11.2. The van der Waals surface area contributed by atoms with Crippen LogP contribution in [0.4, 0.5) is 0 Å². The van der Waals surface area contributed by atoms with Crippen molar-refractivity contribution < 1.29 is 4.74 Å². The highest BCUT2D eigenvalue weighted by Crippen LogP contribution is 2.15. The van der Waals surface area contributed by atoms with Gasteiger partial charge in [-0.2, -0.15) is 0 Å². The molecule has 1 aliphatic heterocycles. The molecule has 0 atom stereocenters. The molecule has 2 N–H and O–H groups in total. The molecule has 1 saturated heterocycles. The van der Waals surface area contributed by atoms with Crippen molar-refractivity contribution in [3.05, 3.63) is 29.8 Å². The summed E-state index contributed by atoms with van der Waals surface area (Å²) in [6.45, 7) is 7.52. The second kappa shape index (κ2) is 9.40. The number of guanidine groups is 1. The number of hydrogen-bond acceptors (Lipinski definition) is 3. The lowest BCUT2D eigenvalue weighted by Crippen LogP contribution is -2.43. The molecule has 1 fully saturated rings. The maximum atomic E-state index is 5.25. The number of rotatable bonds is 6. The summed E-state index contributed by atoms with van der Waals surface area (Å²) >= 11 is 0. The Labute approximate surface area is 140 Å². The molecular formula is C18H30N4O. The number of aliphatic imine (C=N–C) groups is 1. The minimum atomic E-state index is 0.734. The second-order valence-electron chi connectivity index (χ2n) is 6.23. The van der Waals surface area contributed by atoms with Crippen molar-refractivity contribution in [2.45, 2.75) is 26.3 Å². The molecule has 23 heavy (non-hydrogen) atoms. The summed E-state index contributed by atoms with van der Waals surface area (Å²) in [5.41, 5.74) is 1.18. The number of likely N-dealkylation sites (tertiary alicyclic amines) is 1. The van der Waals surface area contributed by atoms with Gasteiger partial charge in [0.2, 0.25) is 0 Å². The zero-order valence-electron chi connectivity index (χ0n) is 14.6. The Hall–Kier alpha value is -1.75. The first-order valence-electron chi connectivity index (χ1n) is 8.51. The Morgan fingerprint density at radius 3 is 2.78 bits per heavy atom. The molecule has 0 saturated carbocycles. The predicted molar refractivity (Wildman–Crippen MR) is 96.0 cm³/mol. The van der Waals surface area contributed by atoms with Gasteiger partial charge < -0.3 is 20.3 Å². The molecule has 1 aliphatic rings. The number of nitrogens with one attached hydrogen (secondary N) is 2. The summed E-state index contributed by atoms with van der Waals surface area (Å²) in [7, 11) is 3.50. The minimum absolute atomic E-state index is 0.734. The van der Waals surface area contributed by atoms with Crippen LogP contribution in [0.3, 0.4) is 0 Å². The van der Waals surface area contributed by atoms with Crippen molar-refractivity contribution in [2.24, 2.45) is 10.9 Å².